The van der Waals surface area contributed by atoms with Gasteiger partial charge in [0, 0.05) is 6.07 Å². The Hall–Kier alpha value is -1.35. The van der Waals surface area contributed by atoms with Crippen molar-refractivity contribution < 1.29 is 22.0 Å². The highest BCUT2D eigenvalue weighted by Crippen LogP contribution is 2.20. The number of nitrogens with one attached hydrogen (secondary N) is 2. The summed E-state index contributed by atoms with van der Waals surface area (Å²) in [6, 6.07) is 12.4. The van der Waals surface area contributed by atoms with Gasteiger partial charge in [0.05, 0.1) is 10.9 Å². The predicted molar refractivity (Wildman–Crippen MR) is 52.4 cm³/mol. The zero-order valence-corrected chi connectivity index (χ0v) is 9.01. The minimum absolute atomic E-state index is 0. The number of aromatic nitrogens is 2. The van der Waals surface area contributed by atoms with Crippen molar-refractivity contribution in [1.82, 2.24) is 4.98 Å². The largest absolute Gasteiger partial charge is 1.00 e. The van der Waals surface area contributed by atoms with Gasteiger partial charge in [-0.25, -0.2) is 4.98 Å². The maximum Gasteiger partial charge on any atom is 0.236 e. The zero-order chi connectivity index (χ0) is 8.67. The Kier molecular flexibility index (Phi) is 2.25. The highest BCUT2D eigenvalue weighted by Gasteiger charge is 2.06. The van der Waals surface area contributed by atoms with Gasteiger partial charge in [-0.2, -0.15) is 0 Å². The molecule has 0 bridgehead atoms. The van der Waals surface area contributed by atoms with Gasteiger partial charge >= 0.3 is 0 Å². The van der Waals surface area contributed by atoms with Crippen LogP contribution in [-0.2, 0) is 0 Å². The van der Waals surface area contributed by atoms with E-state index in [2.05, 4.69) is 34.2 Å². The van der Waals surface area contributed by atoms with Crippen molar-refractivity contribution in [1.29, 1.82) is 0 Å². The number of aromatic amines is 2. The molecule has 0 atom stereocenters. The molecule has 3 heteroatoms. The molecule has 2 N–H and O–H groups in total. The average Bonchev–Trinajstić information content (AvgIpc) is 2.56. The molecule has 0 spiro atoms. The van der Waals surface area contributed by atoms with Crippen LogP contribution >= 0.6 is 0 Å². The first-order valence-electron chi connectivity index (χ1n) is 4.32. The highest BCUT2D eigenvalue weighted by atomic mass is 79.9. The molecule has 0 amide bonds. The molecule has 0 radical (unpaired) electrons. The van der Waals surface area contributed by atoms with Crippen LogP contribution < -0.4 is 22.0 Å². The molecule has 3 rings (SSSR count). The van der Waals surface area contributed by atoms with Gasteiger partial charge in [0.15, 0.2) is 6.20 Å². The molecule has 70 valence electrons. The zero-order valence-electron chi connectivity index (χ0n) is 7.42. The highest BCUT2D eigenvalue weighted by molar-refractivity contribution is 6.02. The first-order valence-corrected chi connectivity index (χ1v) is 4.32. The van der Waals surface area contributed by atoms with Crippen molar-refractivity contribution in [2.75, 3.05) is 0 Å². The molecule has 0 aliphatic heterocycles. The Morgan fingerprint density at radius 1 is 0.929 bits per heavy atom. The molecule has 14 heavy (non-hydrogen) atoms. The van der Waals surface area contributed by atoms with Gasteiger partial charge in [-0.05, 0) is 18.2 Å². The first-order chi connectivity index (χ1) is 6.45. The van der Waals surface area contributed by atoms with E-state index in [9.17, 15) is 0 Å². The fourth-order valence-corrected chi connectivity index (χ4v) is 1.72. The van der Waals surface area contributed by atoms with Gasteiger partial charge in [-0.15, -0.1) is 0 Å². The number of pyridine rings is 1. The molecule has 1 aromatic carbocycles. The smallest absolute Gasteiger partial charge is 0.236 e. The van der Waals surface area contributed by atoms with E-state index in [1.54, 1.807) is 0 Å². The van der Waals surface area contributed by atoms with E-state index >= 15 is 0 Å². The number of hydrogen-bond donors (Lipinski definition) is 1. The van der Waals surface area contributed by atoms with E-state index < -0.39 is 0 Å². The molecule has 2 heterocycles. The van der Waals surface area contributed by atoms with Gasteiger partial charge < -0.3 is 22.0 Å². The van der Waals surface area contributed by atoms with E-state index in [1.807, 2.05) is 18.3 Å². The standard InChI is InChI=1S/C11H8N2.BrH/c1-2-5-9-8(4-1)11-10(13-9)6-3-7-12-11;/h1-7,13H;1H. The molecule has 3 aromatic rings. The van der Waals surface area contributed by atoms with Gasteiger partial charge in [-0.1, -0.05) is 12.1 Å². The lowest BCUT2D eigenvalue weighted by Gasteiger charge is -1.82. The van der Waals surface area contributed by atoms with Crippen LogP contribution in [0.25, 0.3) is 21.9 Å². The summed E-state index contributed by atoms with van der Waals surface area (Å²) in [5, 5.41) is 1.25. The van der Waals surface area contributed by atoms with E-state index in [0.29, 0.717) is 0 Å². The third-order valence-corrected chi connectivity index (χ3v) is 2.32. The lowest BCUT2D eigenvalue weighted by molar-refractivity contribution is -0.343. The van der Waals surface area contributed by atoms with Crippen molar-refractivity contribution in [2.24, 2.45) is 0 Å². The second-order valence-electron chi connectivity index (χ2n) is 3.13. The summed E-state index contributed by atoms with van der Waals surface area (Å²) >= 11 is 0. The number of hydrogen-bond acceptors (Lipinski definition) is 0. The average molecular weight is 249 g/mol. The lowest BCUT2D eigenvalue weighted by Crippen LogP contribution is -3.00. The quantitative estimate of drug-likeness (QED) is 0.537. The van der Waals surface area contributed by atoms with Gasteiger partial charge in [0.25, 0.3) is 0 Å². The Morgan fingerprint density at radius 2 is 1.71 bits per heavy atom. The Bertz CT molecular complexity index is 521. The molecular weight excluding hydrogens is 240 g/mol. The number of rotatable bonds is 0. The normalized spacial score (nSPS) is 10.3. The minimum atomic E-state index is 0. The number of H-pyrrole nitrogens is 2. The summed E-state index contributed by atoms with van der Waals surface area (Å²) in [5.74, 6) is 0. The Morgan fingerprint density at radius 3 is 2.64 bits per heavy atom. The molecular formula is C11H9BrN2. The molecule has 0 aliphatic carbocycles. The van der Waals surface area contributed by atoms with E-state index in [0.717, 1.165) is 5.52 Å². The van der Waals surface area contributed by atoms with Crippen LogP contribution in [0.3, 0.4) is 0 Å². The van der Waals surface area contributed by atoms with Crippen LogP contribution in [0.5, 0.6) is 0 Å². The third kappa shape index (κ3) is 1.21. The summed E-state index contributed by atoms with van der Waals surface area (Å²) in [6.45, 7) is 0. The number of benzene rings is 1. The van der Waals surface area contributed by atoms with E-state index in [1.165, 1.54) is 16.4 Å². The van der Waals surface area contributed by atoms with Crippen molar-refractivity contribution in [3.8, 4) is 0 Å². The molecule has 0 fully saturated rings. The number of fused-ring (bicyclic) bond motifs is 3. The van der Waals surface area contributed by atoms with Crippen molar-refractivity contribution in [2.45, 2.75) is 0 Å². The third-order valence-electron chi connectivity index (χ3n) is 2.32. The van der Waals surface area contributed by atoms with Crippen LogP contribution in [0.15, 0.2) is 42.6 Å². The number of para-hydroxylation sites is 1. The Labute approximate surface area is 91.7 Å². The van der Waals surface area contributed by atoms with Gasteiger partial charge in [0.1, 0.15) is 5.52 Å². The van der Waals surface area contributed by atoms with E-state index in [4.69, 9.17) is 0 Å². The van der Waals surface area contributed by atoms with Crippen LogP contribution in [-0.4, -0.2) is 4.98 Å². The summed E-state index contributed by atoms with van der Waals surface area (Å²) in [6.07, 6.45) is 1.95. The van der Waals surface area contributed by atoms with Gasteiger partial charge in [0.2, 0.25) is 5.52 Å². The summed E-state index contributed by atoms with van der Waals surface area (Å²) < 4.78 is 0. The van der Waals surface area contributed by atoms with Crippen LogP contribution in [0.1, 0.15) is 0 Å². The molecule has 2 nitrogen and oxygen atoms in total. The topological polar surface area (TPSA) is 29.9 Å². The molecule has 0 saturated heterocycles. The van der Waals surface area contributed by atoms with Gasteiger partial charge in [-0.3, -0.25) is 0 Å². The lowest BCUT2D eigenvalue weighted by atomic mass is 10.2. The first kappa shape index (κ1) is 9.21. The number of halogens is 1. The molecule has 0 unspecified atom stereocenters. The fraction of sp³-hybridized carbons (Fsp3) is 0. The molecule has 2 aromatic heterocycles. The minimum Gasteiger partial charge on any atom is -1.00 e. The van der Waals surface area contributed by atoms with Crippen molar-refractivity contribution in [3.05, 3.63) is 42.6 Å². The summed E-state index contributed by atoms with van der Waals surface area (Å²) in [5.41, 5.74) is 3.52. The maximum absolute atomic E-state index is 3.35. The predicted octanol–water partition coefficient (Wildman–Crippen LogP) is -0.861. The second-order valence-corrected chi connectivity index (χ2v) is 3.13. The van der Waals surface area contributed by atoms with Crippen LogP contribution in [0.4, 0.5) is 0 Å². The second kappa shape index (κ2) is 3.42. The van der Waals surface area contributed by atoms with Crippen molar-refractivity contribution in [3.63, 3.8) is 0 Å². The van der Waals surface area contributed by atoms with Crippen LogP contribution in [0, 0.1) is 0 Å². The monoisotopic (exact) mass is 248 g/mol. The van der Waals surface area contributed by atoms with Crippen molar-refractivity contribution >= 4 is 21.9 Å². The summed E-state index contributed by atoms with van der Waals surface area (Å²) in [7, 11) is 0. The Balaban J connectivity index is 0.000000750. The maximum atomic E-state index is 3.35. The SMILES string of the molecule is [Br-].c1ccc2c(c1)[nH]c1ccc[nH+]c12. The van der Waals surface area contributed by atoms with E-state index in [-0.39, 0.29) is 17.0 Å². The summed E-state index contributed by atoms with van der Waals surface area (Å²) in [4.78, 5) is 6.59. The molecule has 0 aliphatic rings. The molecule has 0 saturated carbocycles. The fourth-order valence-electron chi connectivity index (χ4n) is 1.72. The van der Waals surface area contributed by atoms with Crippen LogP contribution in [0.2, 0.25) is 0 Å².